The van der Waals surface area contributed by atoms with Gasteiger partial charge in [0.25, 0.3) is 0 Å². The third-order valence-corrected chi connectivity index (χ3v) is 1.82. The summed E-state index contributed by atoms with van der Waals surface area (Å²) in [5.74, 6) is 0.206. The molecule has 4 nitrogen and oxygen atoms in total. The van der Waals surface area contributed by atoms with Crippen molar-refractivity contribution in [3.63, 3.8) is 0 Å². The highest BCUT2D eigenvalue weighted by atomic mass is 16.1. The first-order chi connectivity index (χ1) is 6.79. The number of ketones is 1. The van der Waals surface area contributed by atoms with Crippen molar-refractivity contribution in [2.75, 3.05) is 13.1 Å². The normalized spacial score (nSPS) is 20.3. The van der Waals surface area contributed by atoms with Crippen molar-refractivity contribution < 1.29 is 9.59 Å². The maximum absolute atomic E-state index is 10.3. The van der Waals surface area contributed by atoms with Crippen LogP contribution in [0.2, 0.25) is 0 Å². The van der Waals surface area contributed by atoms with Gasteiger partial charge in [-0.25, -0.2) is 4.99 Å². The number of aliphatic imine (C=N–C) groups is 1. The smallest absolute Gasteiger partial charge is 0.245 e. The molecule has 1 N–H and O–H groups in total. The number of nitrogens with zero attached hydrogens (tertiary/aromatic N) is 1. The number of nitrogens with one attached hydrogen (secondary N) is 1. The fourth-order valence-electron chi connectivity index (χ4n) is 1.10. The van der Waals surface area contributed by atoms with Gasteiger partial charge >= 0.3 is 0 Å². The summed E-state index contributed by atoms with van der Waals surface area (Å²) >= 11 is 0. The summed E-state index contributed by atoms with van der Waals surface area (Å²) in [4.78, 5) is 24.1. The van der Waals surface area contributed by atoms with E-state index in [-0.39, 0.29) is 11.7 Å². The molecule has 0 aromatic carbocycles. The summed E-state index contributed by atoms with van der Waals surface area (Å²) in [5, 5.41) is 2.90. The fourth-order valence-corrected chi connectivity index (χ4v) is 1.10. The molecule has 0 spiro atoms. The standard InChI is InChI=1S/2C5H7NO/c7-5-2-1-3-6-4-5;7-5-3-1-2-4-6-5/h1-2,6H,3-4H2;4H,1-3H2. The minimum absolute atomic E-state index is 0.0336. The Morgan fingerprint density at radius 3 is 2.50 bits per heavy atom. The topological polar surface area (TPSA) is 58.5 Å². The predicted molar refractivity (Wildman–Crippen MR) is 54.4 cm³/mol. The molecule has 1 amide bonds. The van der Waals surface area contributed by atoms with Crippen LogP contribution in [0.5, 0.6) is 0 Å². The monoisotopic (exact) mass is 194 g/mol. The SMILES string of the molecule is O=C1C=CCNC1.O=C1CCCC=N1. The van der Waals surface area contributed by atoms with Gasteiger partial charge in [-0.2, -0.15) is 0 Å². The molecule has 0 unspecified atom stereocenters. The molecule has 0 fully saturated rings. The number of hydrogen-bond donors (Lipinski definition) is 1. The molecule has 2 heterocycles. The number of carbonyl (C=O) groups is 2. The van der Waals surface area contributed by atoms with Crippen LogP contribution >= 0.6 is 0 Å². The van der Waals surface area contributed by atoms with Crippen molar-refractivity contribution in [3.8, 4) is 0 Å². The van der Waals surface area contributed by atoms with E-state index in [1.54, 1.807) is 12.3 Å². The average Bonchev–Trinajstić information content (AvgIpc) is 2.21. The zero-order valence-electron chi connectivity index (χ0n) is 8.03. The average molecular weight is 194 g/mol. The van der Waals surface area contributed by atoms with E-state index in [2.05, 4.69) is 10.3 Å². The van der Waals surface area contributed by atoms with Crippen LogP contribution in [0.1, 0.15) is 19.3 Å². The highest BCUT2D eigenvalue weighted by Crippen LogP contribution is 2.00. The molecule has 0 aromatic rings. The van der Waals surface area contributed by atoms with Gasteiger partial charge in [0.1, 0.15) is 0 Å². The van der Waals surface area contributed by atoms with E-state index in [1.165, 1.54) is 0 Å². The molecule has 0 saturated heterocycles. The van der Waals surface area contributed by atoms with Crippen LogP contribution in [0, 0.1) is 0 Å². The van der Waals surface area contributed by atoms with E-state index in [1.807, 2.05) is 6.08 Å². The summed E-state index contributed by atoms with van der Waals surface area (Å²) in [5.41, 5.74) is 0. The second kappa shape index (κ2) is 6.21. The minimum atomic E-state index is 0.0336. The Kier molecular flexibility index (Phi) is 4.78. The Morgan fingerprint density at radius 1 is 1.36 bits per heavy atom. The first kappa shape index (κ1) is 10.8. The second-order valence-corrected chi connectivity index (χ2v) is 3.10. The van der Waals surface area contributed by atoms with Gasteiger partial charge in [0.15, 0.2) is 5.78 Å². The van der Waals surface area contributed by atoms with E-state index in [0.29, 0.717) is 13.0 Å². The Labute approximate surface area is 83.1 Å². The van der Waals surface area contributed by atoms with Crippen molar-refractivity contribution >= 4 is 17.9 Å². The summed E-state index contributed by atoms with van der Waals surface area (Å²) in [6, 6.07) is 0. The van der Waals surface area contributed by atoms with Crippen LogP contribution in [0.25, 0.3) is 0 Å². The Hall–Kier alpha value is -1.29. The third-order valence-electron chi connectivity index (χ3n) is 1.82. The summed E-state index contributed by atoms with van der Waals surface area (Å²) in [6.45, 7) is 1.35. The summed E-state index contributed by atoms with van der Waals surface area (Å²) < 4.78 is 0. The van der Waals surface area contributed by atoms with E-state index < -0.39 is 0 Å². The van der Waals surface area contributed by atoms with Crippen LogP contribution in [-0.4, -0.2) is 31.0 Å². The molecular formula is C10H14N2O2. The van der Waals surface area contributed by atoms with Gasteiger partial charge in [-0.15, -0.1) is 0 Å². The maximum Gasteiger partial charge on any atom is 0.245 e. The Balaban J connectivity index is 0.000000140. The number of carbonyl (C=O) groups excluding carboxylic acids is 2. The van der Waals surface area contributed by atoms with Gasteiger partial charge in [-0.1, -0.05) is 6.08 Å². The molecule has 2 aliphatic heterocycles. The van der Waals surface area contributed by atoms with Gasteiger partial charge in [0, 0.05) is 19.2 Å². The van der Waals surface area contributed by atoms with Crippen LogP contribution in [0.15, 0.2) is 17.1 Å². The van der Waals surface area contributed by atoms with Gasteiger partial charge < -0.3 is 5.32 Å². The van der Waals surface area contributed by atoms with Gasteiger partial charge in [0.2, 0.25) is 5.91 Å². The van der Waals surface area contributed by atoms with Crippen molar-refractivity contribution in [2.24, 2.45) is 4.99 Å². The van der Waals surface area contributed by atoms with Crippen molar-refractivity contribution in [1.29, 1.82) is 0 Å². The summed E-state index contributed by atoms with van der Waals surface area (Å²) in [7, 11) is 0. The Morgan fingerprint density at radius 2 is 2.21 bits per heavy atom. The quantitative estimate of drug-likeness (QED) is 0.610. The molecule has 0 aromatic heterocycles. The van der Waals surface area contributed by atoms with Crippen LogP contribution in [0.3, 0.4) is 0 Å². The lowest BCUT2D eigenvalue weighted by Crippen LogP contribution is -2.25. The van der Waals surface area contributed by atoms with Crippen molar-refractivity contribution in [3.05, 3.63) is 12.2 Å². The van der Waals surface area contributed by atoms with Gasteiger partial charge in [0.05, 0.1) is 6.54 Å². The molecule has 2 rings (SSSR count). The lowest BCUT2D eigenvalue weighted by Gasteiger charge is -2.00. The predicted octanol–water partition coefficient (Wildman–Crippen LogP) is 0.483. The molecule has 76 valence electrons. The van der Waals surface area contributed by atoms with E-state index >= 15 is 0 Å². The first-order valence-corrected chi connectivity index (χ1v) is 4.74. The minimum Gasteiger partial charge on any atom is -0.306 e. The maximum atomic E-state index is 10.3. The van der Waals surface area contributed by atoms with Gasteiger partial charge in [-0.3, -0.25) is 9.59 Å². The van der Waals surface area contributed by atoms with Crippen LogP contribution in [0.4, 0.5) is 0 Å². The fraction of sp³-hybridized carbons (Fsp3) is 0.500. The van der Waals surface area contributed by atoms with Crippen molar-refractivity contribution in [2.45, 2.75) is 19.3 Å². The van der Waals surface area contributed by atoms with Crippen molar-refractivity contribution in [1.82, 2.24) is 5.32 Å². The highest BCUT2D eigenvalue weighted by Gasteiger charge is 2.00. The molecule has 2 aliphatic rings. The van der Waals surface area contributed by atoms with E-state index in [4.69, 9.17) is 0 Å². The Bertz CT molecular complexity index is 241. The summed E-state index contributed by atoms with van der Waals surface area (Å²) in [6.07, 6.45) is 7.73. The number of rotatable bonds is 0. The number of amides is 1. The molecule has 0 bridgehead atoms. The lowest BCUT2D eigenvalue weighted by atomic mass is 10.2. The molecule has 0 aliphatic carbocycles. The van der Waals surface area contributed by atoms with Crippen LogP contribution < -0.4 is 5.32 Å². The zero-order valence-corrected chi connectivity index (χ0v) is 8.03. The second-order valence-electron chi connectivity index (χ2n) is 3.10. The molecule has 0 atom stereocenters. The van der Waals surface area contributed by atoms with E-state index in [0.717, 1.165) is 19.4 Å². The number of hydrogen-bond acceptors (Lipinski definition) is 3. The lowest BCUT2D eigenvalue weighted by molar-refractivity contribution is -0.118. The molecule has 0 saturated carbocycles. The molecule has 4 heteroatoms. The van der Waals surface area contributed by atoms with Crippen LogP contribution in [-0.2, 0) is 9.59 Å². The van der Waals surface area contributed by atoms with E-state index in [9.17, 15) is 9.59 Å². The zero-order chi connectivity index (χ0) is 10.2. The molecule has 14 heavy (non-hydrogen) atoms. The highest BCUT2D eigenvalue weighted by molar-refractivity contribution is 5.92. The largest absolute Gasteiger partial charge is 0.306 e. The molecule has 0 radical (unpaired) electrons. The van der Waals surface area contributed by atoms with Gasteiger partial charge in [-0.05, 0) is 18.9 Å². The first-order valence-electron chi connectivity index (χ1n) is 4.74. The molecular weight excluding hydrogens is 180 g/mol. The third kappa shape index (κ3) is 4.67.